The van der Waals surface area contributed by atoms with E-state index in [2.05, 4.69) is 36.9 Å². The molecule has 1 aromatic heterocycles. The number of hydrogen-bond acceptors (Lipinski definition) is 4. The molecule has 3 rings (SSSR count). The van der Waals surface area contributed by atoms with Gasteiger partial charge in [0.25, 0.3) is 0 Å². The standard InChI is InChI=1S/C14H18N2OS/c1-10-7-16(8-11(2)17-10)9-14-15-12-5-3-4-6-13(12)18-14/h3-6,10-11H,7-9H2,1-2H3. The van der Waals surface area contributed by atoms with Gasteiger partial charge in [-0.15, -0.1) is 11.3 Å². The highest BCUT2D eigenvalue weighted by Crippen LogP contribution is 2.23. The van der Waals surface area contributed by atoms with Crippen molar-refractivity contribution in [2.45, 2.75) is 32.6 Å². The number of ether oxygens (including phenoxy) is 1. The molecule has 4 heteroatoms. The second-order valence-corrected chi connectivity index (χ2v) is 6.14. The Morgan fingerprint density at radius 1 is 1.28 bits per heavy atom. The Labute approximate surface area is 111 Å². The molecule has 1 aromatic carbocycles. The van der Waals surface area contributed by atoms with Gasteiger partial charge in [-0.25, -0.2) is 4.98 Å². The predicted octanol–water partition coefficient (Wildman–Crippen LogP) is 2.91. The van der Waals surface area contributed by atoms with E-state index >= 15 is 0 Å². The third-order valence-corrected chi connectivity index (χ3v) is 4.21. The zero-order valence-corrected chi connectivity index (χ0v) is 11.6. The first-order valence-electron chi connectivity index (χ1n) is 6.43. The normalized spacial score (nSPS) is 25.7. The van der Waals surface area contributed by atoms with Crippen molar-refractivity contribution < 1.29 is 4.74 Å². The number of hydrogen-bond donors (Lipinski definition) is 0. The SMILES string of the molecule is CC1CN(Cc2nc3ccccc3s2)CC(C)O1. The lowest BCUT2D eigenvalue weighted by Gasteiger charge is -2.34. The molecule has 0 amide bonds. The second kappa shape index (κ2) is 4.96. The van der Waals surface area contributed by atoms with Gasteiger partial charge in [0.15, 0.2) is 0 Å². The average Bonchev–Trinajstić information content (AvgIpc) is 2.69. The lowest BCUT2D eigenvalue weighted by atomic mass is 10.2. The number of rotatable bonds is 2. The molecule has 0 aliphatic carbocycles. The lowest BCUT2D eigenvalue weighted by molar-refractivity contribution is -0.0704. The zero-order chi connectivity index (χ0) is 12.5. The van der Waals surface area contributed by atoms with Gasteiger partial charge in [0.05, 0.1) is 29.0 Å². The molecule has 1 aliphatic heterocycles. The second-order valence-electron chi connectivity index (χ2n) is 5.03. The van der Waals surface area contributed by atoms with Crippen molar-refractivity contribution in [3.63, 3.8) is 0 Å². The van der Waals surface area contributed by atoms with E-state index in [1.54, 1.807) is 11.3 Å². The van der Waals surface area contributed by atoms with Crippen LogP contribution < -0.4 is 0 Å². The van der Waals surface area contributed by atoms with E-state index < -0.39 is 0 Å². The molecule has 0 saturated carbocycles. The molecule has 2 aromatic rings. The minimum atomic E-state index is 0.322. The van der Waals surface area contributed by atoms with Gasteiger partial charge in [0.1, 0.15) is 5.01 Å². The maximum atomic E-state index is 5.75. The summed E-state index contributed by atoms with van der Waals surface area (Å²) in [5.41, 5.74) is 1.12. The molecule has 18 heavy (non-hydrogen) atoms. The summed E-state index contributed by atoms with van der Waals surface area (Å²) in [4.78, 5) is 7.13. The van der Waals surface area contributed by atoms with Crippen molar-refractivity contribution in [2.24, 2.45) is 0 Å². The number of nitrogens with zero attached hydrogens (tertiary/aromatic N) is 2. The topological polar surface area (TPSA) is 25.4 Å². The van der Waals surface area contributed by atoms with Gasteiger partial charge in [-0.1, -0.05) is 12.1 Å². The van der Waals surface area contributed by atoms with Crippen LogP contribution in [0.15, 0.2) is 24.3 Å². The van der Waals surface area contributed by atoms with Crippen molar-refractivity contribution in [3.8, 4) is 0 Å². The number of morpholine rings is 1. The van der Waals surface area contributed by atoms with E-state index in [4.69, 9.17) is 9.72 Å². The van der Waals surface area contributed by atoms with Crippen LogP contribution in [0, 0.1) is 0 Å². The number of thiazole rings is 1. The van der Waals surface area contributed by atoms with Gasteiger partial charge in [0, 0.05) is 13.1 Å². The number of benzene rings is 1. The van der Waals surface area contributed by atoms with Crippen molar-refractivity contribution in [1.29, 1.82) is 0 Å². The molecule has 1 fully saturated rings. The molecule has 0 spiro atoms. The quantitative estimate of drug-likeness (QED) is 0.832. The van der Waals surface area contributed by atoms with Crippen LogP contribution in [-0.4, -0.2) is 35.2 Å². The highest BCUT2D eigenvalue weighted by Gasteiger charge is 2.22. The first kappa shape index (κ1) is 12.1. The number of fused-ring (bicyclic) bond motifs is 1. The van der Waals surface area contributed by atoms with Gasteiger partial charge in [0.2, 0.25) is 0 Å². The third-order valence-electron chi connectivity index (χ3n) is 3.19. The molecule has 2 atom stereocenters. The highest BCUT2D eigenvalue weighted by molar-refractivity contribution is 7.18. The van der Waals surface area contributed by atoms with Crippen LogP contribution >= 0.6 is 11.3 Å². The summed E-state index contributed by atoms with van der Waals surface area (Å²) >= 11 is 1.80. The average molecular weight is 262 g/mol. The minimum absolute atomic E-state index is 0.322. The van der Waals surface area contributed by atoms with E-state index in [0.717, 1.165) is 25.2 Å². The summed E-state index contributed by atoms with van der Waals surface area (Å²) in [6, 6.07) is 8.34. The fourth-order valence-corrected chi connectivity index (χ4v) is 3.60. The van der Waals surface area contributed by atoms with E-state index in [-0.39, 0.29) is 0 Å². The van der Waals surface area contributed by atoms with Crippen LogP contribution in [0.1, 0.15) is 18.9 Å². The van der Waals surface area contributed by atoms with Crippen LogP contribution in [0.25, 0.3) is 10.2 Å². The first-order valence-corrected chi connectivity index (χ1v) is 7.24. The maximum Gasteiger partial charge on any atom is 0.108 e. The van der Waals surface area contributed by atoms with E-state index in [1.165, 1.54) is 9.71 Å². The van der Waals surface area contributed by atoms with Gasteiger partial charge in [-0.3, -0.25) is 4.90 Å². The lowest BCUT2D eigenvalue weighted by Crippen LogP contribution is -2.44. The summed E-state index contributed by atoms with van der Waals surface area (Å²) in [6.07, 6.45) is 0.645. The van der Waals surface area contributed by atoms with Crippen LogP contribution in [0.5, 0.6) is 0 Å². The fourth-order valence-electron chi connectivity index (χ4n) is 2.59. The Balaban J connectivity index is 1.75. The zero-order valence-electron chi connectivity index (χ0n) is 10.8. The van der Waals surface area contributed by atoms with Crippen LogP contribution in [-0.2, 0) is 11.3 Å². The molecular weight excluding hydrogens is 244 g/mol. The molecule has 96 valence electrons. The van der Waals surface area contributed by atoms with Crippen molar-refractivity contribution in [3.05, 3.63) is 29.3 Å². The number of para-hydroxylation sites is 1. The van der Waals surface area contributed by atoms with Crippen molar-refractivity contribution >= 4 is 21.6 Å². The van der Waals surface area contributed by atoms with E-state index in [1.807, 2.05) is 6.07 Å². The van der Waals surface area contributed by atoms with Gasteiger partial charge in [-0.2, -0.15) is 0 Å². The minimum Gasteiger partial charge on any atom is -0.373 e. The largest absolute Gasteiger partial charge is 0.373 e. The van der Waals surface area contributed by atoms with E-state index in [9.17, 15) is 0 Å². The molecule has 3 nitrogen and oxygen atoms in total. The Kier molecular flexibility index (Phi) is 3.33. The summed E-state index contributed by atoms with van der Waals surface area (Å²) in [5.74, 6) is 0. The summed E-state index contributed by atoms with van der Waals surface area (Å²) in [6.45, 7) is 7.22. The Hall–Kier alpha value is -0.970. The third kappa shape index (κ3) is 2.55. The molecule has 0 radical (unpaired) electrons. The molecule has 2 unspecified atom stereocenters. The molecule has 2 heterocycles. The highest BCUT2D eigenvalue weighted by atomic mass is 32.1. The van der Waals surface area contributed by atoms with Crippen molar-refractivity contribution in [2.75, 3.05) is 13.1 Å². The monoisotopic (exact) mass is 262 g/mol. The Morgan fingerprint density at radius 2 is 2.00 bits per heavy atom. The predicted molar refractivity (Wildman–Crippen MR) is 74.9 cm³/mol. The van der Waals surface area contributed by atoms with Crippen molar-refractivity contribution in [1.82, 2.24) is 9.88 Å². The maximum absolute atomic E-state index is 5.75. The Bertz CT molecular complexity index is 496. The molecule has 1 aliphatic rings. The van der Waals surface area contributed by atoms with Gasteiger partial charge < -0.3 is 4.74 Å². The number of aromatic nitrogens is 1. The van der Waals surface area contributed by atoms with E-state index in [0.29, 0.717) is 12.2 Å². The summed E-state index contributed by atoms with van der Waals surface area (Å²) in [5, 5.41) is 1.21. The van der Waals surface area contributed by atoms with Crippen LogP contribution in [0.4, 0.5) is 0 Å². The van der Waals surface area contributed by atoms with Gasteiger partial charge in [-0.05, 0) is 26.0 Å². The fraction of sp³-hybridized carbons (Fsp3) is 0.500. The summed E-state index contributed by atoms with van der Waals surface area (Å²) < 4.78 is 7.03. The molecule has 0 bridgehead atoms. The summed E-state index contributed by atoms with van der Waals surface area (Å²) in [7, 11) is 0. The molecular formula is C14H18N2OS. The molecule has 1 saturated heterocycles. The van der Waals surface area contributed by atoms with Crippen LogP contribution in [0.2, 0.25) is 0 Å². The first-order chi connectivity index (χ1) is 8.70. The molecule has 0 N–H and O–H groups in total. The Morgan fingerprint density at radius 3 is 2.72 bits per heavy atom. The van der Waals surface area contributed by atoms with Gasteiger partial charge >= 0.3 is 0 Å². The van der Waals surface area contributed by atoms with Crippen LogP contribution in [0.3, 0.4) is 0 Å². The smallest absolute Gasteiger partial charge is 0.108 e.